The molecule has 8 heteroatoms. The Morgan fingerprint density at radius 3 is 2.42 bits per heavy atom. The molecule has 1 aromatic carbocycles. The van der Waals surface area contributed by atoms with E-state index in [-0.39, 0.29) is 29.3 Å². The normalized spacial score (nSPS) is 20.9. The average molecular weight is 374 g/mol. The minimum Gasteiger partial charge on any atom is -0.325 e. The van der Waals surface area contributed by atoms with Gasteiger partial charge in [-0.1, -0.05) is 6.42 Å². The van der Waals surface area contributed by atoms with Crippen molar-refractivity contribution in [2.75, 3.05) is 18.4 Å². The lowest BCUT2D eigenvalue weighted by molar-refractivity contribution is -0.118. The van der Waals surface area contributed by atoms with Gasteiger partial charge in [-0.3, -0.25) is 4.79 Å². The van der Waals surface area contributed by atoms with Crippen molar-refractivity contribution in [1.82, 2.24) is 10.0 Å². The number of hydrogen-bond acceptors (Lipinski definition) is 4. The summed E-state index contributed by atoms with van der Waals surface area (Å²) in [6.07, 6.45) is 5.19. The average Bonchev–Trinajstić information content (AvgIpc) is 3.39. The zero-order valence-electron chi connectivity index (χ0n) is 13.5. The molecule has 134 valence electrons. The predicted octanol–water partition coefficient (Wildman–Crippen LogP) is 1.88. The highest BCUT2D eigenvalue weighted by Crippen LogP contribution is 2.28. The molecule has 0 spiro atoms. The molecule has 1 atom stereocenters. The molecular formula is C16H24ClN3O3S. The van der Waals surface area contributed by atoms with Crippen LogP contribution in [0.4, 0.5) is 5.69 Å². The van der Waals surface area contributed by atoms with Crippen LogP contribution in [0.25, 0.3) is 0 Å². The standard InChI is InChI=1S/C16H23N3O3S.ClH/c20-16(15-3-1-2-10-17-15)19-13-6-8-14(9-7-13)23(21,22)18-11-12-4-5-12;/h6-9,12,15,17-18H,1-5,10-11H2,(H,19,20);1H. The summed E-state index contributed by atoms with van der Waals surface area (Å²) in [6.45, 7) is 1.37. The Labute approximate surface area is 149 Å². The zero-order chi connectivity index (χ0) is 16.3. The van der Waals surface area contributed by atoms with E-state index in [1.807, 2.05) is 0 Å². The largest absolute Gasteiger partial charge is 0.325 e. The van der Waals surface area contributed by atoms with E-state index in [0.29, 0.717) is 18.2 Å². The number of rotatable bonds is 6. The van der Waals surface area contributed by atoms with Crippen molar-refractivity contribution >= 4 is 34.0 Å². The van der Waals surface area contributed by atoms with Crippen LogP contribution < -0.4 is 15.4 Å². The zero-order valence-corrected chi connectivity index (χ0v) is 15.1. The highest BCUT2D eigenvalue weighted by Gasteiger charge is 2.24. The number of halogens is 1. The van der Waals surface area contributed by atoms with Crippen LogP contribution in [0.3, 0.4) is 0 Å². The molecule has 1 amide bonds. The van der Waals surface area contributed by atoms with Gasteiger partial charge in [-0.15, -0.1) is 12.4 Å². The number of benzene rings is 1. The fourth-order valence-electron chi connectivity index (χ4n) is 2.66. The van der Waals surface area contributed by atoms with Crippen molar-refractivity contribution in [1.29, 1.82) is 0 Å². The first kappa shape index (κ1) is 19.2. The number of hydrogen-bond donors (Lipinski definition) is 3. The molecule has 6 nitrogen and oxygen atoms in total. The van der Waals surface area contributed by atoms with E-state index in [2.05, 4.69) is 15.4 Å². The molecule has 0 radical (unpaired) electrons. The van der Waals surface area contributed by atoms with Gasteiger partial charge in [-0.05, 0) is 62.4 Å². The van der Waals surface area contributed by atoms with Crippen molar-refractivity contribution < 1.29 is 13.2 Å². The molecule has 1 heterocycles. The van der Waals surface area contributed by atoms with Crippen molar-refractivity contribution in [2.24, 2.45) is 5.92 Å². The van der Waals surface area contributed by atoms with Crippen LogP contribution in [0.5, 0.6) is 0 Å². The van der Waals surface area contributed by atoms with Crippen molar-refractivity contribution in [3.63, 3.8) is 0 Å². The van der Waals surface area contributed by atoms with Crippen LogP contribution >= 0.6 is 12.4 Å². The quantitative estimate of drug-likeness (QED) is 0.710. The van der Waals surface area contributed by atoms with Crippen LogP contribution in [0.1, 0.15) is 32.1 Å². The van der Waals surface area contributed by atoms with Crippen LogP contribution in [-0.4, -0.2) is 33.5 Å². The first-order valence-electron chi connectivity index (χ1n) is 8.18. The summed E-state index contributed by atoms with van der Waals surface area (Å²) in [6, 6.07) is 6.16. The lowest BCUT2D eigenvalue weighted by atomic mass is 10.0. The fourth-order valence-corrected chi connectivity index (χ4v) is 3.77. The van der Waals surface area contributed by atoms with Gasteiger partial charge in [0.1, 0.15) is 0 Å². The van der Waals surface area contributed by atoms with Crippen molar-refractivity contribution in [3.8, 4) is 0 Å². The predicted molar refractivity (Wildman–Crippen MR) is 95.9 cm³/mol. The number of sulfonamides is 1. The highest BCUT2D eigenvalue weighted by molar-refractivity contribution is 7.89. The Balaban J connectivity index is 0.00000208. The lowest BCUT2D eigenvalue weighted by Crippen LogP contribution is -2.43. The number of anilines is 1. The van der Waals surface area contributed by atoms with E-state index >= 15 is 0 Å². The number of carbonyl (C=O) groups excluding carboxylic acids is 1. The summed E-state index contributed by atoms with van der Waals surface area (Å²) in [5, 5.41) is 6.02. The molecule has 1 saturated heterocycles. The highest BCUT2D eigenvalue weighted by atomic mass is 35.5. The van der Waals surface area contributed by atoms with Gasteiger partial charge in [0.15, 0.2) is 0 Å². The number of carbonyl (C=O) groups is 1. The van der Waals surface area contributed by atoms with E-state index in [0.717, 1.165) is 38.6 Å². The second kappa shape index (κ2) is 8.29. The summed E-state index contributed by atoms with van der Waals surface area (Å²) < 4.78 is 26.9. The van der Waals surface area contributed by atoms with Gasteiger partial charge < -0.3 is 10.6 Å². The maximum Gasteiger partial charge on any atom is 0.241 e. The Hall–Kier alpha value is -1.15. The molecule has 3 rings (SSSR count). The second-order valence-corrected chi connectivity index (χ2v) is 8.08. The monoisotopic (exact) mass is 373 g/mol. The summed E-state index contributed by atoms with van der Waals surface area (Å²) >= 11 is 0. The summed E-state index contributed by atoms with van der Waals surface area (Å²) in [5.41, 5.74) is 0.614. The van der Waals surface area contributed by atoms with E-state index in [9.17, 15) is 13.2 Å². The molecule has 1 saturated carbocycles. The Morgan fingerprint density at radius 2 is 1.83 bits per heavy atom. The number of piperidine rings is 1. The van der Waals surface area contributed by atoms with Gasteiger partial charge in [0.05, 0.1) is 10.9 Å². The van der Waals surface area contributed by atoms with Crippen LogP contribution in [-0.2, 0) is 14.8 Å². The SMILES string of the molecule is Cl.O=C(Nc1ccc(S(=O)(=O)NCC2CC2)cc1)C1CCCCN1. The molecule has 1 aromatic rings. The molecule has 1 unspecified atom stereocenters. The first-order chi connectivity index (χ1) is 11.0. The maximum atomic E-state index is 12.1. The lowest BCUT2D eigenvalue weighted by Gasteiger charge is -2.22. The second-order valence-electron chi connectivity index (χ2n) is 6.31. The molecule has 0 bridgehead atoms. The van der Waals surface area contributed by atoms with Gasteiger partial charge >= 0.3 is 0 Å². The fraction of sp³-hybridized carbons (Fsp3) is 0.562. The third kappa shape index (κ3) is 5.17. The molecular weight excluding hydrogens is 350 g/mol. The van der Waals surface area contributed by atoms with Gasteiger partial charge in [-0.25, -0.2) is 13.1 Å². The van der Waals surface area contributed by atoms with E-state index in [4.69, 9.17) is 0 Å². The minimum absolute atomic E-state index is 0. The van der Waals surface area contributed by atoms with Crippen molar-refractivity contribution in [3.05, 3.63) is 24.3 Å². The smallest absolute Gasteiger partial charge is 0.241 e. The van der Waals surface area contributed by atoms with E-state index in [1.165, 1.54) is 12.1 Å². The van der Waals surface area contributed by atoms with Gasteiger partial charge in [0.2, 0.25) is 15.9 Å². The van der Waals surface area contributed by atoms with E-state index in [1.54, 1.807) is 12.1 Å². The van der Waals surface area contributed by atoms with Gasteiger partial charge in [0, 0.05) is 12.2 Å². The minimum atomic E-state index is -3.46. The Morgan fingerprint density at radius 1 is 1.12 bits per heavy atom. The van der Waals surface area contributed by atoms with Gasteiger partial charge in [0.25, 0.3) is 0 Å². The summed E-state index contributed by atoms with van der Waals surface area (Å²) in [5.74, 6) is 0.429. The molecule has 0 aromatic heterocycles. The van der Waals surface area contributed by atoms with Gasteiger partial charge in [-0.2, -0.15) is 0 Å². The molecule has 3 N–H and O–H groups in total. The molecule has 2 fully saturated rings. The third-order valence-corrected chi connectivity index (χ3v) is 5.76. The van der Waals surface area contributed by atoms with Crippen LogP contribution in [0.2, 0.25) is 0 Å². The van der Waals surface area contributed by atoms with Crippen LogP contribution in [0, 0.1) is 5.92 Å². The van der Waals surface area contributed by atoms with Crippen molar-refractivity contribution in [2.45, 2.75) is 43.0 Å². The number of nitrogens with one attached hydrogen (secondary N) is 3. The molecule has 1 aliphatic carbocycles. The molecule has 2 aliphatic rings. The van der Waals surface area contributed by atoms with Crippen LogP contribution in [0.15, 0.2) is 29.2 Å². The topological polar surface area (TPSA) is 87.3 Å². The Kier molecular flexibility index (Phi) is 6.62. The number of amides is 1. The summed E-state index contributed by atoms with van der Waals surface area (Å²) in [4.78, 5) is 12.4. The molecule has 1 aliphatic heterocycles. The third-order valence-electron chi connectivity index (χ3n) is 4.32. The molecule has 24 heavy (non-hydrogen) atoms. The first-order valence-corrected chi connectivity index (χ1v) is 9.67. The maximum absolute atomic E-state index is 12.1. The summed E-state index contributed by atoms with van der Waals surface area (Å²) in [7, 11) is -3.46. The Bertz CT molecular complexity index is 654. The van der Waals surface area contributed by atoms with E-state index < -0.39 is 10.0 Å².